The van der Waals surface area contributed by atoms with E-state index in [2.05, 4.69) is 25.5 Å². The maximum atomic E-state index is 13.5. The number of aromatic nitrogens is 4. The van der Waals surface area contributed by atoms with E-state index in [0.29, 0.717) is 60.9 Å². The van der Waals surface area contributed by atoms with Crippen LogP contribution in [0.25, 0.3) is 16.3 Å². The summed E-state index contributed by atoms with van der Waals surface area (Å²) in [5.41, 5.74) is 5.65. The highest BCUT2D eigenvalue weighted by Gasteiger charge is 2.28. The molecule has 1 aromatic carbocycles. The second-order valence-corrected chi connectivity index (χ2v) is 10.3. The van der Waals surface area contributed by atoms with Crippen LogP contribution in [0.15, 0.2) is 45.7 Å². The Morgan fingerprint density at radius 1 is 1.14 bits per heavy atom. The van der Waals surface area contributed by atoms with E-state index in [-0.39, 0.29) is 28.8 Å². The summed E-state index contributed by atoms with van der Waals surface area (Å²) in [6, 6.07) is 8.16. The fraction of sp³-hybridized carbons (Fsp3) is 0.370. The number of nitrogen functional groups attached to an aromatic ring is 1. The Bertz CT molecular complexity index is 1590. The first-order valence-corrected chi connectivity index (χ1v) is 14.0. The molecule has 4 heterocycles. The minimum atomic E-state index is -0.874. The third kappa shape index (κ3) is 6.77. The molecule has 0 radical (unpaired) electrons. The number of hydrogen-bond acceptors (Lipinski definition) is 14. The second kappa shape index (κ2) is 13.6. The Hall–Kier alpha value is -4.51. The standard InChI is InChI=1S/C27H31N7O8S/c1-37-15-16(14-33-9-11-40-12-10-33)41-23-17(22-18(38-2)5-4-6-19(22)39-3)13-20(42-25(23)36)24(35)30-26-31-32-27(43-26)34-21(28)7-8-29-34/h4-8,13,16H,9-12,14-15,28H2,1-3H3,(H,30,31,35)/t16-/m1/s1. The van der Waals surface area contributed by atoms with Gasteiger partial charge in [-0.2, -0.15) is 9.78 Å². The highest BCUT2D eigenvalue weighted by atomic mass is 32.1. The molecule has 0 aliphatic carbocycles. The molecule has 0 unspecified atom stereocenters. The van der Waals surface area contributed by atoms with Crippen molar-refractivity contribution in [3.8, 4) is 33.5 Å². The molecule has 0 bridgehead atoms. The quantitative estimate of drug-likeness (QED) is 0.237. The van der Waals surface area contributed by atoms with E-state index in [4.69, 9.17) is 33.8 Å². The summed E-state index contributed by atoms with van der Waals surface area (Å²) in [5, 5.41) is 15.2. The number of nitrogens with one attached hydrogen (secondary N) is 1. The van der Waals surface area contributed by atoms with Crippen LogP contribution in [0, 0.1) is 0 Å². The summed E-state index contributed by atoms with van der Waals surface area (Å²) in [6.45, 7) is 3.29. The lowest BCUT2D eigenvalue weighted by atomic mass is 10.0. The van der Waals surface area contributed by atoms with Crippen LogP contribution in [0.3, 0.4) is 0 Å². The molecular weight excluding hydrogens is 582 g/mol. The van der Waals surface area contributed by atoms with E-state index in [0.717, 1.165) is 11.3 Å². The molecule has 1 atom stereocenters. The minimum Gasteiger partial charge on any atom is -0.496 e. The molecule has 0 saturated carbocycles. The predicted octanol–water partition coefficient (Wildman–Crippen LogP) is 1.92. The second-order valence-electron chi connectivity index (χ2n) is 9.30. The van der Waals surface area contributed by atoms with E-state index in [1.165, 1.54) is 31.2 Å². The highest BCUT2D eigenvalue weighted by molar-refractivity contribution is 7.17. The molecule has 15 nitrogen and oxygen atoms in total. The molecule has 1 aliphatic heterocycles. The van der Waals surface area contributed by atoms with Crippen molar-refractivity contribution in [3.05, 3.63) is 52.7 Å². The van der Waals surface area contributed by atoms with Crippen LogP contribution in [-0.4, -0.2) is 97.7 Å². The van der Waals surface area contributed by atoms with Crippen molar-refractivity contribution < 1.29 is 32.9 Å². The molecule has 1 saturated heterocycles. The molecule has 228 valence electrons. The summed E-state index contributed by atoms with van der Waals surface area (Å²) < 4.78 is 35.2. The van der Waals surface area contributed by atoms with Crippen molar-refractivity contribution >= 4 is 28.2 Å². The van der Waals surface area contributed by atoms with Crippen LogP contribution in [-0.2, 0) is 9.47 Å². The number of nitrogens with zero attached hydrogens (tertiary/aromatic N) is 5. The van der Waals surface area contributed by atoms with Gasteiger partial charge in [0.1, 0.15) is 23.4 Å². The summed E-state index contributed by atoms with van der Waals surface area (Å²) >= 11 is 1.03. The van der Waals surface area contributed by atoms with E-state index >= 15 is 0 Å². The van der Waals surface area contributed by atoms with Gasteiger partial charge in [0.05, 0.1) is 45.8 Å². The number of carbonyl (C=O) groups is 1. The maximum Gasteiger partial charge on any atom is 0.379 e. The normalized spacial score (nSPS) is 14.3. The van der Waals surface area contributed by atoms with Crippen LogP contribution in [0.2, 0.25) is 0 Å². The third-order valence-electron chi connectivity index (χ3n) is 6.52. The Labute approximate surface area is 250 Å². The average molecular weight is 614 g/mol. The molecule has 43 heavy (non-hydrogen) atoms. The van der Waals surface area contributed by atoms with E-state index in [1.807, 2.05) is 0 Å². The zero-order valence-electron chi connectivity index (χ0n) is 23.8. The number of anilines is 2. The van der Waals surface area contributed by atoms with Crippen molar-refractivity contribution in [2.45, 2.75) is 6.10 Å². The van der Waals surface area contributed by atoms with Gasteiger partial charge in [-0.3, -0.25) is 15.0 Å². The number of ether oxygens (including phenoxy) is 5. The molecular formula is C27H31N7O8S. The van der Waals surface area contributed by atoms with Gasteiger partial charge in [-0.1, -0.05) is 17.4 Å². The summed E-state index contributed by atoms with van der Waals surface area (Å²) in [4.78, 5) is 29.0. The fourth-order valence-corrected chi connectivity index (χ4v) is 5.26. The fourth-order valence-electron chi connectivity index (χ4n) is 4.54. The van der Waals surface area contributed by atoms with Gasteiger partial charge in [0.2, 0.25) is 16.0 Å². The Kier molecular flexibility index (Phi) is 9.51. The molecule has 3 N–H and O–H groups in total. The number of morpholine rings is 1. The SMILES string of the molecule is COC[C@@H](CN1CCOCC1)Oc1c(-c2c(OC)cccc2OC)cc(C(=O)Nc2nnc(-n3nccc3N)s2)oc1=O. The molecule has 5 rings (SSSR count). The first-order valence-electron chi connectivity index (χ1n) is 13.2. The average Bonchev–Trinajstić information content (AvgIpc) is 3.66. The summed E-state index contributed by atoms with van der Waals surface area (Å²) in [5.74, 6) is -0.0244. The Morgan fingerprint density at radius 3 is 2.53 bits per heavy atom. The Balaban J connectivity index is 1.52. The monoisotopic (exact) mass is 613 g/mol. The third-order valence-corrected chi connectivity index (χ3v) is 7.33. The van der Waals surface area contributed by atoms with Gasteiger partial charge in [0, 0.05) is 38.4 Å². The number of methoxy groups -OCH3 is 3. The molecule has 4 aromatic rings. The molecule has 16 heteroatoms. The zero-order chi connectivity index (χ0) is 30.3. The predicted molar refractivity (Wildman–Crippen MR) is 156 cm³/mol. The van der Waals surface area contributed by atoms with E-state index < -0.39 is 17.6 Å². The van der Waals surface area contributed by atoms with Crippen LogP contribution < -0.4 is 30.9 Å². The number of benzene rings is 1. The Morgan fingerprint density at radius 2 is 1.88 bits per heavy atom. The summed E-state index contributed by atoms with van der Waals surface area (Å²) in [7, 11) is 4.53. The molecule has 1 amide bonds. The van der Waals surface area contributed by atoms with Crippen molar-refractivity contribution in [2.24, 2.45) is 0 Å². The number of hydrogen-bond donors (Lipinski definition) is 2. The highest BCUT2D eigenvalue weighted by Crippen LogP contribution is 2.42. The van der Waals surface area contributed by atoms with Gasteiger partial charge in [0.15, 0.2) is 5.76 Å². The molecule has 1 fully saturated rings. The van der Waals surface area contributed by atoms with Gasteiger partial charge >= 0.3 is 5.63 Å². The van der Waals surface area contributed by atoms with Crippen molar-refractivity contribution in [1.29, 1.82) is 0 Å². The minimum absolute atomic E-state index is 0.123. The molecule has 1 aliphatic rings. The van der Waals surface area contributed by atoms with Crippen molar-refractivity contribution in [2.75, 3.05) is 71.8 Å². The number of nitrogens with two attached hydrogens (primary N) is 1. The lowest BCUT2D eigenvalue weighted by Gasteiger charge is -2.30. The smallest absolute Gasteiger partial charge is 0.379 e. The van der Waals surface area contributed by atoms with Crippen LogP contribution in [0.1, 0.15) is 10.6 Å². The van der Waals surface area contributed by atoms with Gasteiger partial charge in [-0.15, -0.1) is 10.2 Å². The van der Waals surface area contributed by atoms with Crippen molar-refractivity contribution in [1.82, 2.24) is 24.9 Å². The molecule has 3 aromatic heterocycles. The number of rotatable bonds is 12. The number of amides is 1. The van der Waals surface area contributed by atoms with Crippen molar-refractivity contribution in [3.63, 3.8) is 0 Å². The molecule has 0 spiro atoms. The first kappa shape index (κ1) is 30.0. The first-order chi connectivity index (χ1) is 20.9. The van der Waals surface area contributed by atoms with E-state index in [9.17, 15) is 9.59 Å². The van der Waals surface area contributed by atoms with Gasteiger partial charge in [-0.05, 0) is 18.2 Å². The van der Waals surface area contributed by atoms with Crippen LogP contribution in [0.4, 0.5) is 10.9 Å². The lowest BCUT2D eigenvalue weighted by molar-refractivity contribution is 0.00169. The van der Waals surface area contributed by atoms with E-state index in [1.54, 1.807) is 31.4 Å². The van der Waals surface area contributed by atoms with Gasteiger partial charge < -0.3 is 33.8 Å². The van der Waals surface area contributed by atoms with Crippen LogP contribution in [0.5, 0.6) is 17.2 Å². The zero-order valence-corrected chi connectivity index (χ0v) is 24.6. The lowest BCUT2D eigenvalue weighted by Crippen LogP contribution is -2.44. The van der Waals surface area contributed by atoms with Crippen LogP contribution >= 0.6 is 11.3 Å². The largest absolute Gasteiger partial charge is 0.496 e. The maximum absolute atomic E-state index is 13.5. The summed E-state index contributed by atoms with van der Waals surface area (Å²) in [6.07, 6.45) is 0.971. The topological polar surface area (TPSA) is 178 Å². The van der Waals surface area contributed by atoms with Gasteiger partial charge in [0.25, 0.3) is 5.91 Å². The van der Waals surface area contributed by atoms with Gasteiger partial charge in [-0.25, -0.2) is 4.79 Å². The number of carbonyl (C=O) groups excluding carboxylic acids is 1.